The van der Waals surface area contributed by atoms with E-state index < -0.39 is 12.0 Å². The Morgan fingerprint density at radius 3 is 2.64 bits per heavy atom. The van der Waals surface area contributed by atoms with Crippen molar-refractivity contribution in [3.05, 3.63) is 23.8 Å². The number of hydrogen-bond acceptors (Lipinski definition) is 4. The second-order valence-corrected chi connectivity index (χ2v) is 4.59. The second-order valence-electron chi connectivity index (χ2n) is 4.59. The average Bonchev–Trinajstić information content (AvgIpc) is 2.50. The third-order valence-corrected chi connectivity index (χ3v) is 2.77. The Labute approximate surface area is 129 Å². The summed E-state index contributed by atoms with van der Waals surface area (Å²) in [6.45, 7) is 3.03. The Balaban J connectivity index is 2.48. The van der Waals surface area contributed by atoms with E-state index in [0.29, 0.717) is 24.7 Å². The first-order valence-corrected chi connectivity index (χ1v) is 7.10. The molecule has 7 heteroatoms. The maximum Gasteiger partial charge on any atom is 0.315 e. The van der Waals surface area contributed by atoms with E-state index in [1.54, 1.807) is 19.2 Å². The minimum absolute atomic E-state index is 0.0916. The van der Waals surface area contributed by atoms with Crippen LogP contribution >= 0.6 is 0 Å². The average molecular weight is 310 g/mol. The van der Waals surface area contributed by atoms with Gasteiger partial charge in [0.05, 0.1) is 20.1 Å². The zero-order valence-corrected chi connectivity index (χ0v) is 12.8. The molecule has 0 spiro atoms. The first-order chi connectivity index (χ1) is 10.6. The summed E-state index contributed by atoms with van der Waals surface area (Å²) in [7, 11) is 1.56. The van der Waals surface area contributed by atoms with Gasteiger partial charge in [0, 0.05) is 13.1 Å². The molecule has 0 unspecified atom stereocenters. The van der Waals surface area contributed by atoms with Crippen LogP contribution in [0, 0.1) is 0 Å². The number of carbonyl (C=O) groups is 2. The third-order valence-electron chi connectivity index (χ3n) is 2.77. The number of nitrogens with one attached hydrogen (secondary N) is 2. The molecule has 22 heavy (non-hydrogen) atoms. The topological polar surface area (TPSA) is 96.9 Å². The lowest BCUT2D eigenvalue weighted by atomic mass is 10.2. The number of carboxylic acids is 1. The molecule has 0 aliphatic heterocycles. The number of carbonyl (C=O) groups excluding carboxylic acids is 1. The summed E-state index contributed by atoms with van der Waals surface area (Å²) in [6, 6.07) is 5.02. The highest BCUT2D eigenvalue weighted by molar-refractivity contribution is 5.75. The van der Waals surface area contributed by atoms with Crippen LogP contribution in [0.1, 0.15) is 25.3 Å². The van der Waals surface area contributed by atoms with Gasteiger partial charge in [-0.1, -0.05) is 13.0 Å². The lowest BCUT2D eigenvalue weighted by Crippen LogP contribution is -2.36. The van der Waals surface area contributed by atoms with Gasteiger partial charge < -0.3 is 25.2 Å². The highest BCUT2D eigenvalue weighted by Crippen LogP contribution is 2.28. The summed E-state index contributed by atoms with van der Waals surface area (Å²) in [4.78, 5) is 21.8. The standard InChI is InChI=1S/C15H22N2O5/c1-3-8-22-12-5-4-11(9-13(12)21-2)10-17-15(20)16-7-6-14(18)19/h4-5,9H,3,6-8,10H2,1-2H3,(H,18,19)(H2,16,17,20). The fourth-order valence-electron chi connectivity index (χ4n) is 1.68. The van der Waals surface area contributed by atoms with Crippen LogP contribution < -0.4 is 20.1 Å². The Kier molecular flexibility index (Phi) is 7.60. The molecule has 0 radical (unpaired) electrons. The molecule has 7 nitrogen and oxygen atoms in total. The lowest BCUT2D eigenvalue weighted by Gasteiger charge is -2.12. The van der Waals surface area contributed by atoms with Gasteiger partial charge in [-0.15, -0.1) is 0 Å². The normalized spacial score (nSPS) is 9.91. The number of ether oxygens (including phenoxy) is 2. The Bertz CT molecular complexity index is 505. The van der Waals surface area contributed by atoms with Gasteiger partial charge >= 0.3 is 12.0 Å². The number of carboxylic acid groups (broad SMARTS) is 1. The van der Waals surface area contributed by atoms with Gasteiger partial charge in [-0.3, -0.25) is 4.79 Å². The first-order valence-electron chi connectivity index (χ1n) is 7.10. The van der Waals surface area contributed by atoms with Gasteiger partial charge in [0.15, 0.2) is 11.5 Å². The van der Waals surface area contributed by atoms with Gasteiger partial charge in [-0.2, -0.15) is 0 Å². The molecule has 2 amide bonds. The number of amides is 2. The molecule has 0 aliphatic carbocycles. The maximum atomic E-state index is 11.5. The van der Waals surface area contributed by atoms with E-state index in [1.807, 2.05) is 13.0 Å². The minimum Gasteiger partial charge on any atom is -0.493 e. The lowest BCUT2D eigenvalue weighted by molar-refractivity contribution is -0.136. The van der Waals surface area contributed by atoms with Crippen LogP contribution in [0.4, 0.5) is 4.79 Å². The molecule has 3 N–H and O–H groups in total. The fraction of sp³-hybridized carbons (Fsp3) is 0.467. The molecule has 1 aromatic carbocycles. The highest BCUT2D eigenvalue weighted by atomic mass is 16.5. The molecule has 1 rings (SSSR count). The number of urea groups is 1. The summed E-state index contributed by atoms with van der Waals surface area (Å²) in [5.74, 6) is 0.325. The summed E-state index contributed by atoms with van der Waals surface area (Å²) in [5.41, 5.74) is 0.856. The summed E-state index contributed by atoms with van der Waals surface area (Å²) in [5, 5.41) is 13.6. The van der Waals surface area contributed by atoms with Crippen LogP contribution in [0.25, 0.3) is 0 Å². The molecular weight excluding hydrogens is 288 g/mol. The van der Waals surface area contributed by atoms with Crippen molar-refractivity contribution < 1.29 is 24.2 Å². The smallest absolute Gasteiger partial charge is 0.315 e. The molecule has 0 aliphatic rings. The van der Waals surface area contributed by atoms with Crippen molar-refractivity contribution in [3.8, 4) is 11.5 Å². The zero-order chi connectivity index (χ0) is 16.4. The van der Waals surface area contributed by atoms with E-state index in [9.17, 15) is 9.59 Å². The quantitative estimate of drug-likeness (QED) is 0.646. The number of rotatable bonds is 9. The molecular formula is C15H22N2O5. The van der Waals surface area contributed by atoms with Crippen LogP contribution in [-0.4, -0.2) is 37.4 Å². The number of methoxy groups -OCH3 is 1. The van der Waals surface area contributed by atoms with Crippen molar-refractivity contribution in [2.24, 2.45) is 0 Å². The molecule has 0 saturated heterocycles. The van der Waals surface area contributed by atoms with Gasteiger partial charge in [0.2, 0.25) is 0 Å². The molecule has 0 aromatic heterocycles. The fourth-order valence-corrected chi connectivity index (χ4v) is 1.68. The molecule has 122 valence electrons. The summed E-state index contributed by atoms with van der Waals surface area (Å²) in [6.07, 6.45) is 0.799. The largest absolute Gasteiger partial charge is 0.493 e. The Morgan fingerprint density at radius 1 is 1.23 bits per heavy atom. The van der Waals surface area contributed by atoms with E-state index in [0.717, 1.165) is 12.0 Å². The van der Waals surface area contributed by atoms with E-state index in [2.05, 4.69) is 10.6 Å². The zero-order valence-electron chi connectivity index (χ0n) is 12.8. The number of aliphatic carboxylic acids is 1. The van der Waals surface area contributed by atoms with Crippen molar-refractivity contribution in [1.29, 1.82) is 0 Å². The maximum absolute atomic E-state index is 11.5. The SMILES string of the molecule is CCCOc1ccc(CNC(=O)NCCC(=O)O)cc1OC. The van der Waals surface area contributed by atoms with Crippen molar-refractivity contribution >= 4 is 12.0 Å². The van der Waals surface area contributed by atoms with E-state index in [1.165, 1.54) is 0 Å². The van der Waals surface area contributed by atoms with Gasteiger partial charge in [0.25, 0.3) is 0 Å². The molecule has 0 heterocycles. The van der Waals surface area contributed by atoms with Crippen molar-refractivity contribution in [2.75, 3.05) is 20.3 Å². The van der Waals surface area contributed by atoms with Crippen molar-refractivity contribution in [3.63, 3.8) is 0 Å². The van der Waals surface area contributed by atoms with Gasteiger partial charge in [-0.05, 0) is 24.1 Å². The Morgan fingerprint density at radius 2 is 2.00 bits per heavy atom. The van der Waals surface area contributed by atoms with E-state index in [4.69, 9.17) is 14.6 Å². The van der Waals surface area contributed by atoms with Gasteiger partial charge in [-0.25, -0.2) is 4.79 Å². The van der Waals surface area contributed by atoms with E-state index in [-0.39, 0.29) is 13.0 Å². The van der Waals surface area contributed by atoms with Crippen molar-refractivity contribution in [1.82, 2.24) is 10.6 Å². The predicted octanol–water partition coefficient (Wildman–Crippen LogP) is 1.76. The first kappa shape index (κ1) is 17.6. The van der Waals surface area contributed by atoms with Crippen LogP contribution in [0.5, 0.6) is 11.5 Å². The molecule has 0 fully saturated rings. The van der Waals surface area contributed by atoms with Gasteiger partial charge in [0.1, 0.15) is 0 Å². The van der Waals surface area contributed by atoms with Crippen LogP contribution in [0.2, 0.25) is 0 Å². The van der Waals surface area contributed by atoms with Crippen LogP contribution in [-0.2, 0) is 11.3 Å². The number of hydrogen-bond donors (Lipinski definition) is 3. The van der Waals surface area contributed by atoms with E-state index >= 15 is 0 Å². The minimum atomic E-state index is -0.951. The summed E-state index contributed by atoms with van der Waals surface area (Å²) < 4.78 is 10.8. The molecule has 0 bridgehead atoms. The predicted molar refractivity (Wildman–Crippen MR) is 81.3 cm³/mol. The molecule has 1 aromatic rings. The monoisotopic (exact) mass is 310 g/mol. The highest BCUT2D eigenvalue weighted by Gasteiger charge is 2.07. The third kappa shape index (κ3) is 6.34. The van der Waals surface area contributed by atoms with Crippen LogP contribution in [0.3, 0.4) is 0 Å². The molecule has 0 atom stereocenters. The summed E-state index contributed by atoms with van der Waals surface area (Å²) >= 11 is 0. The second kappa shape index (κ2) is 9.49. The van der Waals surface area contributed by atoms with Crippen molar-refractivity contribution in [2.45, 2.75) is 26.3 Å². The molecule has 0 saturated carbocycles. The van der Waals surface area contributed by atoms with Crippen LogP contribution in [0.15, 0.2) is 18.2 Å². The Hall–Kier alpha value is -2.44. The number of benzene rings is 1.